The maximum absolute atomic E-state index is 5.74. The first-order valence-corrected chi connectivity index (χ1v) is 10.1. The van der Waals surface area contributed by atoms with Crippen LogP contribution in [0.5, 0.6) is 5.88 Å². The van der Waals surface area contributed by atoms with Gasteiger partial charge in [0.25, 0.3) is 0 Å². The molecule has 3 rings (SSSR count). The van der Waals surface area contributed by atoms with Gasteiger partial charge in [0.1, 0.15) is 5.76 Å². The lowest BCUT2D eigenvalue weighted by Gasteiger charge is -2.26. The Hall–Kier alpha value is -1.81. The molecule has 3 heterocycles. The van der Waals surface area contributed by atoms with Crippen LogP contribution in [0.4, 0.5) is 0 Å². The zero-order valence-corrected chi connectivity index (χ0v) is 19.6. The summed E-state index contributed by atoms with van der Waals surface area (Å²) in [6.07, 6.45) is 6.94. The Morgan fingerprint density at radius 3 is 2.79 bits per heavy atom. The Balaban J connectivity index is 0.00000300. The topological polar surface area (TPSA) is 74.9 Å². The van der Waals surface area contributed by atoms with E-state index in [0.29, 0.717) is 19.0 Å². The number of furan rings is 1. The molecular formula is C21H32IN5O2. The summed E-state index contributed by atoms with van der Waals surface area (Å²) in [6, 6.07) is 8.15. The molecule has 2 aromatic heterocycles. The third-order valence-electron chi connectivity index (χ3n) is 4.88. The van der Waals surface area contributed by atoms with Crippen molar-refractivity contribution in [2.24, 2.45) is 4.99 Å². The van der Waals surface area contributed by atoms with E-state index in [1.165, 1.54) is 12.8 Å². The molecule has 1 saturated heterocycles. The zero-order valence-electron chi connectivity index (χ0n) is 17.3. The fraction of sp³-hybridized carbons (Fsp3) is 0.524. The van der Waals surface area contributed by atoms with Gasteiger partial charge in [0.2, 0.25) is 5.88 Å². The summed E-state index contributed by atoms with van der Waals surface area (Å²) in [5, 5.41) is 6.81. The molecule has 2 N–H and O–H groups in total. The average molecular weight is 513 g/mol. The number of hydrogen-bond acceptors (Lipinski definition) is 5. The van der Waals surface area contributed by atoms with Crippen molar-refractivity contribution in [1.29, 1.82) is 0 Å². The molecule has 1 atom stereocenters. The molecule has 0 spiro atoms. The molecule has 1 aliphatic heterocycles. The average Bonchev–Trinajstić information content (AvgIpc) is 3.44. The minimum atomic E-state index is 0. The van der Waals surface area contributed by atoms with Gasteiger partial charge in [-0.25, -0.2) is 4.98 Å². The lowest BCUT2D eigenvalue weighted by Crippen LogP contribution is -2.42. The van der Waals surface area contributed by atoms with Crippen molar-refractivity contribution >= 4 is 29.9 Å². The SMILES string of the molecule is CCCOc1ncccc1CNC(=NC)NCC(c1ccco1)N1CCCC1.I. The van der Waals surface area contributed by atoms with Crippen molar-refractivity contribution in [3.05, 3.63) is 48.0 Å². The van der Waals surface area contributed by atoms with Gasteiger partial charge in [0, 0.05) is 31.9 Å². The van der Waals surface area contributed by atoms with E-state index in [4.69, 9.17) is 9.15 Å². The number of rotatable bonds is 9. The second kappa shape index (κ2) is 12.7. The minimum Gasteiger partial charge on any atom is -0.477 e. The number of ether oxygens (including phenoxy) is 1. The lowest BCUT2D eigenvalue weighted by molar-refractivity contribution is 0.215. The second-order valence-corrected chi connectivity index (χ2v) is 6.90. The van der Waals surface area contributed by atoms with Crippen LogP contribution in [0.3, 0.4) is 0 Å². The number of guanidine groups is 1. The van der Waals surface area contributed by atoms with Crippen molar-refractivity contribution in [1.82, 2.24) is 20.5 Å². The molecule has 8 heteroatoms. The van der Waals surface area contributed by atoms with Crippen LogP contribution in [0.15, 0.2) is 46.1 Å². The van der Waals surface area contributed by atoms with Crippen molar-refractivity contribution < 1.29 is 9.15 Å². The Bertz CT molecular complexity index is 732. The van der Waals surface area contributed by atoms with Gasteiger partial charge in [0.15, 0.2) is 5.96 Å². The van der Waals surface area contributed by atoms with E-state index in [2.05, 4.69) is 32.4 Å². The van der Waals surface area contributed by atoms with Crippen molar-refractivity contribution in [3.63, 3.8) is 0 Å². The summed E-state index contributed by atoms with van der Waals surface area (Å²) in [6.45, 7) is 6.29. The van der Waals surface area contributed by atoms with Crippen LogP contribution < -0.4 is 15.4 Å². The molecule has 1 fully saturated rings. The number of halogens is 1. The van der Waals surface area contributed by atoms with Crippen LogP contribution in [0.1, 0.15) is 43.6 Å². The van der Waals surface area contributed by atoms with Gasteiger partial charge in [-0.1, -0.05) is 13.0 Å². The Morgan fingerprint density at radius 2 is 2.10 bits per heavy atom. The van der Waals surface area contributed by atoms with Crippen LogP contribution in [-0.4, -0.2) is 49.1 Å². The molecule has 0 aliphatic carbocycles. The first kappa shape index (κ1) is 23.5. The molecule has 29 heavy (non-hydrogen) atoms. The van der Waals surface area contributed by atoms with E-state index in [-0.39, 0.29) is 30.0 Å². The smallest absolute Gasteiger partial charge is 0.218 e. The highest BCUT2D eigenvalue weighted by Crippen LogP contribution is 2.24. The van der Waals surface area contributed by atoms with Crippen LogP contribution >= 0.6 is 24.0 Å². The first-order chi connectivity index (χ1) is 13.8. The third kappa shape index (κ3) is 6.88. The highest BCUT2D eigenvalue weighted by atomic mass is 127. The van der Waals surface area contributed by atoms with E-state index in [1.807, 2.05) is 24.3 Å². The second-order valence-electron chi connectivity index (χ2n) is 6.90. The summed E-state index contributed by atoms with van der Waals surface area (Å²) in [5.74, 6) is 2.42. The van der Waals surface area contributed by atoms with Crippen molar-refractivity contribution in [2.45, 2.75) is 38.8 Å². The largest absolute Gasteiger partial charge is 0.477 e. The van der Waals surface area contributed by atoms with E-state index < -0.39 is 0 Å². The predicted molar refractivity (Wildman–Crippen MR) is 126 cm³/mol. The van der Waals surface area contributed by atoms with Gasteiger partial charge in [-0.3, -0.25) is 9.89 Å². The minimum absolute atomic E-state index is 0. The highest BCUT2D eigenvalue weighted by Gasteiger charge is 2.25. The van der Waals surface area contributed by atoms with E-state index in [1.54, 1.807) is 19.5 Å². The van der Waals surface area contributed by atoms with Gasteiger partial charge in [0.05, 0.1) is 18.9 Å². The molecular weight excluding hydrogens is 481 g/mol. The monoisotopic (exact) mass is 513 g/mol. The van der Waals surface area contributed by atoms with Crippen molar-refractivity contribution in [3.8, 4) is 5.88 Å². The molecule has 0 aromatic carbocycles. The number of pyridine rings is 1. The Labute approximate surface area is 190 Å². The van der Waals surface area contributed by atoms with Crippen LogP contribution in [0.2, 0.25) is 0 Å². The number of nitrogens with one attached hydrogen (secondary N) is 2. The number of aliphatic imine (C=N–C) groups is 1. The molecule has 160 valence electrons. The predicted octanol–water partition coefficient (Wildman–Crippen LogP) is 3.58. The Kier molecular flexibility index (Phi) is 10.3. The van der Waals surface area contributed by atoms with Gasteiger partial charge in [-0.15, -0.1) is 24.0 Å². The molecule has 2 aromatic rings. The number of hydrogen-bond donors (Lipinski definition) is 2. The van der Waals surface area contributed by atoms with Gasteiger partial charge < -0.3 is 19.8 Å². The maximum Gasteiger partial charge on any atom is 0.218 e. The van der Waals surface area contributed by atoms with Crippen LogP contribution in [0, 0.1) is 0 Å². The van der Waals surface area contributed by atoms with Gasteiger partial charge in [-0.2, -0.15) is 0 Å². The fourth-order valence-electron chi connectivity index (χ4n) is 3.42. The summed E-state index contributed by atoms with van der Waals surface area (Å²) in [5.41, 5.74) is 1.01. The number of likely N-dealkylation sites (tertiary alicyclic amines) is 1. The highest BCUT2D eigenvalue weighted by molar-refractivity contribution is 14.0. The summed E-state index contributed by atoms with van der Waals surface area (Å²) >= 11 is 0. The number of nitrogens with zero attached hydrogens (tertiary/aromatic N) is 3. The molecule has 0 amide bonds. The first-order valence-electron chi connectivity index (χ1n) is 10.1. The summed E-state index contributed by atoms with van der Waals surface area (Å²) in [4.78, 5) is 11.2. The van der Waals surface area contributed by atoms with Gasteiger partial charge in [-0.05, 0) is 50.6 Å². The molecule has 1 aliphatic rings. The standard InChI is InChI=1S/C21H31N5O2.HI/c1-3-13-28-20-17(8-6-10-23-20)15-24-21(22-2)25-16-18(19-9-7-14-27-19)26-11-4-5-12-26;/h6-10,14,18H,3-5,11-13,15-16H2,1-2H3,(H2,22,24,25);1H. The maximum atomic E-state index is 5.74. The zero-order chi connectivity index (χ0) is 19.6. The molecule has 0 radical (unpaired) electrons. The van der Waals surface area contributed by atoms with E-state index in [0.717, 1.165) is 43.3 Å². The normalized spacial score (nSPS) is 15.6. The Morgan fingerprint density at radius 1 is 1.28 bits per heavy atom. The fourth-order valence-corrected chi connectivity index (χ4v) is 3.42. The number of aromatic nitrogens is 1. The third-order valence-corrected chi connectivity index (χ3v) is 4.88. The molecule has 7 nitrogen and oxygen atoms in total. The molecule has 1 unspecified atom stereocenters. The summed E-state index contributed by atoms with van der Waals surface area (Å²) in [7, 11) is 1.78. The van der Waals surface area contributed by atoms with Crippen LogP contribution in [0.25, 0.3) is 0 Å². The molecule has 0 saturated carbocycles. The van der Waals surface area contributed by atoms with E-state index >= 15 is 0 Å². The van der Waals surface area contributed by atoms with Crippen LogP contribution in [-0.2, 0) is 6.54 Å². The summed E-state index contributed by atoms with van der Waals surface area (Å²) < 4.78 is 11.4. The van der Waals surface area contributed by atoms with Gasteiger partial charge >= 0.3 is 0 Å². The van der Waals surface area contributed by atoms with E-state index in [9.17, 15) is 0 Å². The molecule has 0 bridgehead atoms. The lowest BCUT2D eigenvalue weighted by atomic mass is 10.2. The van der Waals surface area contributed by atoms with Crippen molar-refractivity contribution in [2.75, 3.05) is 33.3 Å². The quantitative estimate of drug-likeness (QED) is 0.304.